The fraction of sp³-hybridized carbons (Fsp3) is 0.125. The first-order valence-corrected chi connectivity index (χ1v) is 5.69. The van der Waals surface area contributed by atoms with Crippen LogP contribution in [0.2, 0.25) is 0 Å². The molecule has 0 amide bonds. The van der Waals surface area contributed by atoms with Gasteiger partial charge < -0.3 is 5.11 Å². The maximum atomic E-state index is 10.2. The second-order valence-electron chi connectivity index (χ2n) is 4.26. The molecule has 1 N–H and O–H groups in total. The van der Waals surface area contributed by atoms with Crippen molar-refractivity contribution >= 4 is 5.57 Å². The molecule has 0 aliphatic rings. The SMILES string of the molecule is C=C(C)c1cccc(Cc2ccccc2)c1O. The first-order valence-electron chi connectivity index (χ1n) is 5.69. The van der Waals surface area contributed by atoms with E-state index in [2.05, 4.69) is 18.7 Å². The lowest BCUT2D eigenvalue weighted by atomic mass is 9.99. The molecule has 2 rings (SSSR count). The molecule has 0 spiro atoms. The van der Waals surface area contributed by atoms with Crippen LogP contribution in [0.25, 0.3) is 5.57 Å². The molecule has 0 saturated carbocycles. The molecule has 0 bridgehead atoms. The van der Waals surface area contributed by atoms with Gasteiger partial charge in [-0.25, -0.2) is 0 Å². The van der Waals surface area contributed by atoms with Gasteiger partial charge in [-0.1, -0.05) is 55.1 Å². The number of allylic oxidation sites excluding steroid dienone is 1. The van der Waals surface area contributed by atoms with Crippen molar-refractivity contribution in [3.05, 3.63) is 71.8 Å². The van der Waals surface area contributed by atoms with Crippen molar-refractivity contribution in [3.63, 3.8) is 0 Å². The Morgan fingerprint density at radius 2 is 1.76 bits per heavy atom. The zero-order valence-corrected chi connectivity index (χ0v) is 9.98. The van der Waals surface area contributed by atoms with Crippen LogP contribution in [0.1, 0.15) is 23.6 Å². The van der Waals surface area contributed by atoms with E-state index in [0.717, 1.165) is 23.1 Å². The normalized spacial score (nSPS) is 10.2. The van der Waals surface area contributed by atoms with Gasteiger partial charge in [0, 0.05) is 12.0 Å². The van der Waals surface area contributed by atoms with Gasteiger partial charge >= 0.3 is 0 Å². The minimum atomic E-state index is 0.351. The fourth-order valence-corrected chi connectivity index (χ4v) is 1.89. The van der Waals surface area contributed by atoms with Gasteiger partial charge in [-0.2, -0.15) is 0 Å². The molecule has 0 aliphatic carbocycles. The van der Waals surface area contributed by atoms with E-state index >= 15 is 0 Å². The van der Waals surface area contributed by atoms with E-state index in [1.807, 2.05) is 43.3 Å². The largest absolute Gasteiger partial charge is 0.507 e. The molecule has 0 radical (unpaired) electrons. The summed E-state index contributed by atoms with van der Waals surface area (Å²) < 4.78 is 0. The summed E-state index contributed by atoms with van der Waals surface area (Å²) in [5, 5.41) is 10.2. The monoisotopic (exact) mass is 224 g/mol. The zero-order chi connectivity index (χ0) is 12.3. The summed E-state index contributed by atoms with van der Waals surface area (Å²) in [6.45, 7) is 5.78. The van der Waals surface area contributed by atoms with Crippen molar-refractivity contribution in [1.29, 1.82) is 0 Å². The molecule has 0 unspecified atom stereocenters. The first-order chi connectivity index (χ1) is 8.18. The van der Waals surface area contributed by atoms with E-state index in [-0.39, 0.29) is 0 Å². The lowest BCUT2D eigenvalue weighted by Gasteiger charge is -2.09. The van der Waals surface area contributed by atoms with Gasteiger partial charge in [0.15, 0.2) is 0 Å². The average Bonchev–Trinajstić information content (AvgIpc) is 2.33. The summed E-state index contributed by atoms with van der Waals surface area (Å²) >= 11 is 0. The highest BCUT2D eigenvalue weighted by Gasteiger charge is 2.07. The number of para-hydroxylation sites is 1. The Morgan fingerprint density at radius 3 is 2.41 bits per heavy atom. The number of hydrogen-bond donors (Lipinski definition) is 1. The highest BCUT2D eigenvalue weighted by Crippen LogP contribution is 2.29. The van der Waals surface area contributed by atoms with Gasteiger partial charge in [-0.05, 0) is 23.6 Å². The number of aromatic hydroxyl groups is 1. The first kappa shape index (κ1) is 11.5. The van der Waals surface area contributed by atoms with Crippen LogP contribution in [0.15, 0.2) is 55.1 Å². The number of hydrogen-bond acceptors (Lipinski definition) is 1. The predicted molar refractivity (Wildman–Crippen MR) is 72.1 cm³/mol. The average molecular weight is 224 g/mol. The van der Waals surface area contributed by atoms with Crippen LogP contribution >= 0.6 is 0 Å². The number of phenolic OH excluding ortho intramolecular Hbond substituents is 1. The molecule has 0 heterocycles. The van der Waals surface area contributed by atoms with Crippen molar-refractivity contribution in [2.24, 2.45) is 0 Å². The number of benzene rings is 2. The Hall–Kier alpha value is -2.02. The molecule has 17 heavy (non-hydrogen) atoms. The van der Waals surface area contributed by atoms with Crippen LogP contribution in [0, 0.1) is 0 Å². The van der Waals surface area contributed by atoms with E-state index < -0.39 is 0 Å². The smallest absolute Gasteiger partial charge is 0.126 e. The van der Waals surface area contributed by atoms with Gasteiger partial charge in [0.2, 0.25) is 0 Å². The molecular formula is C16H16O. The van der Waals surface area contributed by atoms with Gasteiger partial charge in [0.1, 0.15) is 5.75 Å². The van der Waals surface area contributed by atoms with Crippen LogP contribution in [0.4, 0.5) is 0 Å². The zero-order valence-electron chi connectivity index (χ0n) is 9.98. The standard InChI is InChI=1S/C16H16O/c1-12(2)15-10-6-9-14(16(15)17)11-13-7-4-3-5-8-13/h3-10,17H,1,11H2,2H3. The third-order valence-corrected chi connectivity index (χ3v) is 2.82. The Labute approximate surface area is 102 Å². The number of phenols is 1. The Bertz CT molecular complexity index is 526. The molecule has 0 fully saturated rings. The van der Waals surface area contributed by atoms with Crippen molar-refractivity contribution < 1.29 is 5.11 Å². The highest BCUT2D eigenvalue weighted by molar-refractivity contribution is 5.68. The summed E-state index contributed by atoms with van der Waals surface area (Å²) in [4.78, 5) is 0. The van der Waals surface area contributed by atoms with Gasteiger partial charge in [-0.15, -0.1) is 0 Å². The lowest BCUT2D eigenvalue weighted by molar-refractivity contribution is 0.467. The third kappa shape index (κ3) is 2.56. The van der Waals surface area contributed by atoms with E-state index in [1.54, 1.807) is 0 Å². The van der Waals surface area contributed by atoms with E-state index in [9.17, 15) is 5.11 Å². The fourth-order valence-electron chi connectivity index (χ4n) is 1.89. The molecule has 1 nitrogen and oxygen atoms in total. The molecular weight excluding hydrogens is 208 g/mol. The van der Waals surface area contributed by atoms with Crippen molar-refractivity contribution in [1.82, 2.24) is 0 Å². The van der Waals surface area contributed by atoms with Gasteiger partial charge in [-0.3, -0.25) is 0 Å². The van der Waals surface area contributed by atoms with Gasteiger partial charge in [0.25, 0.3) is 0 Å². The summed E-state index contributed by atoms with van der Waals surface area (Å²) in [5.74, 6) is 0.351. The molecule has 0 atom stereocenters. The van der Waals surface area contributed by atoms with E-state index in [4.69, 9.17) is 0 Å². The molecule has 1 heteroatoms. The third-order valence-electron chi connectivity index (χ3n) is 2.82. The van der Waals surface area contributed by atoms with Crippen LogP contribution in [-0.2, 0) is 6.42 Å². The van der Waals surface area contributed by atoms with Crippen LogP contribution in [-0.4, -0.2) is 5.11 Å². The van der Waals surface area contributed by atoms with E-state index in [1.165, 1.54) is 5.56 Å². The lowest BCUT2D eigenvalue weighted by Crippen LogP contribution is -1.91. The summed E-state index contributed by atoms with van der Waals surface area (Å²) in [7, 11) is 0. The minimum Gasteiger partial charge on any atom is -0.507 e. The summed E-state index contributed by atoms with van der Waals surface area (Å²) in [5.41, 5.74) is 3.86. The quantitative estimate of drug-likeness (QED) is 0.835. The molecule has 2 aromatic carbocycles. The van der Waals surface area contributed by atoms with Crippen molar-refractivity contribution in [2.75, 3.05) is 0 Å². The van der Waals surface area contributed by atoms with Crippen molar-refractivity contribution in [3.8, 4) is 5.75 Å². The van der Waals surface area contributed by atoms with E-state index in [0.29, 0.717) is 5.75 Å². The highest BCUT2D eigenvalue weighted by atomic mass is 16.3. The molecule has 0 aliphatic heterocycles. The topological polar surface area (TPSA) is 20.2 Å². The summed E-state index contributed by atoms with van der Waals surface area (Å²) in [6.07, 6.45) is 0.744. The minimum absolute atomic E-state index is 0.351. The summed E-state index contributed by atoms with van der Waals surface area (Å²) in [6, 6.07) is 15.9. The number of rotatable bonds is 3. The molecule has 2 aromatic rings. The van der Waals surface area contributed by atoms with Gasteiger partial charge in [0.05, 0.1) is 0 Å². The maximum absolute atomic E-state index is 10.2. The predicted octanol–water partition coefficient (Wildman–Crippen LogP) is 4.02. The van der Waals surface area contributed by atoms with Crippen LogP contribution in [0.3, 0.4) is 0 Å². The molecule has 0 aromatic heterocycles. The second-order valence-corrected chi connectivity index (χ2v) is 4.26. The van der Waals surface area contributed by atoms with Crippen molar-refractivity contribution in [2.45, 2.75) is 13.3 Å². The Kier molecular flexibility index (Phi) is 3.29. The maximum Gasteiger partial charge on any atom is 0.126 e. The molecule has 86 valence electrons. The van der Waals surface area contributed by atoms with Crippen LogP contribution in [0.5, 0.6) is 5.75 Å². The Balaban J connectivity index is 2.34. The second kappa shape index (κ2) is 4.88. The Morgan fingerprint density at radius 1 is 1.06 bits per heavy atom. The van der Waals surface area contributed by atoms with Crippen LogP contribution < -0.4 is 0 Å². The molecule has 0 saturated heterocycles.